The number of Topliss-reactive ketones (excluding diaryl/α,β-unsaturated/α-hetero) is 1. The van der Waals surface area contributed by atoms with Crippen LogP contribution in [0.2, 0.25) is 0 Å². The average Bonchev–Trinajstić information content (AvgIpc) is 2.83. The number of aliphatic carboxylic acids is 1. The van der Waals surface area contributed by atoms with E-state index in [-0.39, 0.29) is 11.7 Å². The van der Waals surface area contributed by atoms with Gasteiger partial charge in [-0.05, 0) is 55.7 Å². The molecule has 2 aromatic carbocycles. The van der Waals surface area contributed by atoms with Crippen molar-refractivity contribution in [3.8, 4) is 0 Å². The first-order valence-corrected chi connectivity index (χ1v) is 12.3. The van der Waals surface area contributed by atoms with Crippen LogP contribution in [0.4, 0.5) is 0 Å². The van der Waals surface area contributed by atoms with Crippen molar-refractivity contribution in [3.63, 3.8) is 0 Å². The number of carboxylic acids is 1. The fraction of sp³-hybridized carbons (Fsp3) is 0.464. The van der Waals surface area contributed by atoms with Crippen molar-refractivity contribution in [3.05, 3.63) is 71.3 Å². The minimum Gasteiger partial charge on any atom is -0.481 e. The van der Waals surface area contributed by atoms with Gasteiger partial charge in [0, 0.05) is 19.3 Å². The highest BCUT2D eigenvalue weighted by molar-refractivity contribution is 5.80. The molecule has 0 aliphatic rings. The van der Waals surface area contributed by atoms with E-state index in [1.54, 1.807) is 0 Å². The number of nitrogens with one attached hydrogen (secondary N) is 1. The van der Waals surface area contributed by atoms with E-state index < -0.39 is 11.9 Å². The zero-order valence-electron chi connectivity index (χ0n) is 20.1. The maximum atomic E-state index is 12.4. The van der Waals surface area contributed by atoms with Crippen LogP contribution in [0.25, 0.3) is 0 Å². The van der Waals surface area contributed by atoms with Crippen LogP contribution in [0, 0.1) is 0 Å². The summed E-state index contributed by atoms with van der Waals surface area (Å²) < 4.78 is 0. The largest absolute Gasteiger partial charge is 0.481 e. The number of carboxylic acid groups (broad SMARTS) is 1. The number of amides is 1. The van der Waals surface area contributed by atoms with Crippen molar-refractivity contribution < 1.29 is 24.3 Å². The number of hydroxylamine groups is 1. The Bertz CT molecular complexity index is 897. The molecule has 2 rings (SSSR count). The van der Waals surface area contributed by atoms with Gasteiger partial charge in [-0.15, -0.1) is 0 Å². The molecule has 34 heavy (non-hydrogen) atoms. The summed E-state index contributed by atoms with van der Waals surface area (Å²) in [5.74, 6) is -1.16. The number of hydrogen-bond donors (Lipinski definition) is 2. The first-order chi connectivity index (χ1) is 16.5. The number of carbonyl (C=O) groups excluding carboxylic acids is 2. The van der Waals surface area contributed by atoms with Gasteiger partial charge in [0.2, 0.25) is 5.91 Å². The van der Waals surface area contributed by atoms with Crippen LogP contribution in [0.3, 0.4) is 0 Å². The lowest BCUT2D eigenvalue weighted by Crippen LogP contribution is -2.23. The van der Waals surface area contributed by atoms with Gasteiger partial charge in [-0.3, -0.25) is 19.2 Å². The number of aryl methyl sites for hydroxylation is 1. The fourth-order valence-electron chi connectivity index (χ4n) is 4.00. The molecule has 0 saturated carbocycles. The molecule has 184 valence electrons. The van der Waals surface area contributed by atoms with Gasteiger partial charge in [0.05, 0.1) is 12.5 Å². The molecular weight excluding hydrogens is 430 g/mol. The molecular formula is C28H37NO5. The number of ketones is 1. The van der Waals surface area contributed by atoms with E-state index in [1.165, 1.54) is 0 Å². The average molecular weight is 468 g/mol. The van der Waals surface area contributed by atoms with Crippen molar-refractivity contribution in [1.29, 1.82) is 0 Å². The van der Waals surface area contributed by atoms with Gasteiger partial charge in [-0.25, -0.2) is 5.48 Å². The topological polar surface area (TPSA) is 92.7 Å². The highest BCUT2D eigenvalue weighted by atomic mass is 16.6. The maximum Gasteiger partial charge on any atom is 0.310 e. The van der Waals surface area contributed by atoms with Crippen LogP contribution in [0.15, 0.2) is 54.6 Å². The molecule has 6 heteroatoms. The summed E-state index contributed by atoms with van der Waals surface area (Å²) in [6.45, 7) is 2.27. The molecule has 1 atom stereocenters. The van der Waals surface area contributed by atoms with Crippen LogP contribution in [0.5, 0.6) is 0 Å². The molecule has 2 N–H and O–H groups in total. The van der Waals surface area contributed by atoms with Crippen molar-refractivity contribution in [2.75, 3.05) is 6.61 Å². The molecule has 0 radical (unpaired) electrons. The lowest BCUT2D eigenvalue weighted by molar-refractivity contribution is -0.139. The molecule has 0 heterocycles. The zero-order chi connectivity index (χ0) is 24.6. The van der Waals surface area contributed by atoms with E-state index in [2.05, 4.69) is 11.5 Å². The fourth-order valence-corrected chi connectivity index (χ4v) is 4.00. The molecule has 2 aromatic rings. The van der Waals surface area contributed by atoms with Gasteiger partial charge in [-0.2, -0.15) is 0 Å². The predicted molar refractivity (Wildman–Crippen MR) is 132 cm³/mol. The summed E-state index contributed by atoms with van der Waals surface area (Å²) in [6.07, 6.45) is 7.03. The molecule has 0 aliphatic carbocycles. The Morgan fingerprint density at radius 1 is 0.882 bits per heavy atom. The summed E-state index contributed by atoms with van der Waals surface area (Å²) in [5.41, 5.74) is 5.36. The van der Waals surface area contributed by atoms with Crippen molar-refractivity contribution >= 4 is 17.7 Å². The van der Waals surface area contributed by atoms with Crippen LogP contribution in [-0.2, 0) is 32.1 Å². The minimum absolute atomic E-state index is 0.101. The van der Waals surface area contributed by atoms with Crippen LogP contribution >= 0.6 is 0 Å². The standard InChI is InChI=1S/C28H37NO5/c1-2-34-29-27(31)19-9-4-3-8-17-25(30)21-23-14-10-12-22(20-23)13-11-18-26(28(32)33)24-15-6-5-7-16-24/h5-7,10,12,14-16,20,26H,2-4,8-9,11,13,17-19,21H2,1H3,(H,29,31)(H,32,33)/t26-/m0/s1. The normalized spacial score (nSPS) is 11.7. The van der Waals surface area contributed by atoms with Crippen LogP contribution in [-0.4, -0.2) is 29.4 Å². The smallest absolute Gasteiger partial charge is 0.310 e. The van der Waals surface area contributed by atoms with Gasteiger partial charge in [-0.1, -0.05) is 67.4 Å². The van der Waals surface area contributed by atoms with Gasteiger partial charge >= 0.3 is 5.97 Å². The summed E-state index contributed by atoms with van der Waals surface area (Å²) in [5, 5.41) is 9.58. The van der Waals surface area contributed by atoms with E-state index in [4.69, 9.17) is 4.84 Å². The molecule has 0 spiro atoms. The molecule has 0 bridgehead atoms. The minimum atomic E-state index is -0.792. The third-order valence-corrected chi connectivity index (χ3v) is 5.79. The number of hydrogen-bond acceptors (Lipinski definition) is 4. The van der Waals surface area contributed by atoms with Gasteiger partial charge in [0.15, 0.2) is 0 Å². The Hall–Kier alpha value is -2.99. The highest BCUT2D eigenvalue weighted by Crippen LogP contribution is 2.23. The molecule has 1 amide bonds. The SMILES string of the molecule is CCONC(=O)CCCCCCC(=O)Cc1cccc(CCC[C@H](C(=O)O)c2ccccc2)c1. The van der Waals surface area contributed by atoms with Crippen molar-refractivity contribution in [1.82, 2.24) is 5.48 Å². The Labute approximate surface area is 202 Å². The monoisotopic (exact) mass is 467 g/mol. The van der Waals surface area contributed by atoms with Crippen molar-refractivity contribution in [2.45, 2.75) is 77.0 Å². The number of benzene rings is 2. The van der Waals surface area contributed by atoms with Gasteiger partial charge in [0.1, 0.15) is 5.78 Å². The summed E-state index contributed by atoms with van der Waals surface area (Å²) in [4.78, 5) is 40.4. The zero-order valence-corrected chi connectivity index (χ0v) is 20.1. The quantitative estimate of drug-likeness (QED) is 0.240. The van der Waals surface area contributed by atoms with Crippen LogP contribution < -0.4 is 5.48 Å². The molecule has 0 aliphatic heterocycles. The van der Waals surface area contributed by atoms with E-state index in [0.717, 1.165) is 55.2 Å². The second-order valence-corrected chi connectivity index (χ2v) is 8.60. The van der Waals surface area contributed by atoms with E-state index >= 15 is 0 Å². The summed E-state index contributed by atoms with van der Waals surface area (Å²) in [7, 11) is 0. The second-order valence-electron chi connectivity index (χ2n) is 8.60. The second kappa shape index (κ2) is 15.8. The molecule has 0 fully saturated rings. The highest BCUT2D eigenvalue weighted by Gasteiger charge is 2.19. The van der Waals surface area contributed by atoms with Crippen molar-refractivity contribution in [2.24, 2.45) is 0 Å². The van der Waals surface area contributed by atoms with Gasteiger partial charge < -0.3 is 5.11 Å². The number of carbonyl (C=O) groups is 3. The Balaban J connectivity index is 1.68. The lowest BCUT2D eigenvalue weighted by atomic mass is 9.92. The number of unbranched alkanes of at least 4 members (excludes halogenated alkanes) is 3. The molecule has 0 aromatic heterocycles. The lowest BCUT2D eigenvalue weighted by Gasteiger charge is -2.13. The third kappa shape index (κ3) is 10.8. The Morgan fingerprint density at radius 3 is 2.29 bits per heavy atom. The molecule has 6 nitrogen and oxygen atoms in total. The summed E-state index contributed by atoms with van der Waals surface area (Å²) >= 11 is 0. The first kappa shape index (κ1) is 27.3. The Morgan fingerprint density at radius 2 is 1.59 bits per heavy atom. The predicted octanol–water partition coefficient (Wildman–Crippen LogP) is 5.40. The van der Waals surface area contributed by atoms with E-state index in [0.29, 0.717) is 32.3 Å². The summed E-state index contributed by atoms with van der Waals surface area (Å²) in [6, 6.07) is 17.4. The van der Waals surface area contributed by atoms with Crippen LogP contribution in [0.1, 0.15) is 80.9 Å². The third-order valence-electron chi connectivity index (χ3n) is 5.79. The number of rotatable bonds is 17. The molecule has 0 saturated heterocycles. The van der Waals surface area contributed by atoms with E-state index in [9.17, 15) is 19.5 Å². The Kier molecular flexibility index (Phi) is 12.6. The first-order valence-electron chi connectivity index (χ1n) is 12.3. The van der Waals surface area contributed by atoms with E-state index in [1.807, 2.05) is 55.5 Å². The van der Waals surface area contributed by atoms with Gasteiger partial charge in [0.25, 0.3) is 0 Å². The maximum absolute atomic E-state index is 12.4. The molecule has 0 unspecified atom stereocenters.